The molecule has 152 valence electrons. The van der Waals surface area contributed by atoms with Crippen LogP contribution in [-0.2, 0) is 29.0 Å². The third kappa shape index (κ3) is 7.55. The van der Waals surface area contributed by atoms with E-state index < -0.39 is 10.0 Å². The average molecular weight is 400 g/mol. The number of nitrogens with one attached hydrogen (secondary N) is 2. The normalized spacial score (nSPS) is 18.4. The maximum absolute atomic E-state index is 12.3. The Bertz CT molecular complexity index is 686. The SMILES string of the molecule is COCC(C)NS(=O)(=O)c1ccc(NC(=O)CCOCC2CCCO2)cc1. The third-order valence-corrected chi connectivity index (χ3v) is 5.63. The van der Waals surface area contributed by atoms with Gasteiger partial charge in [-0.1, -0.05) is 0 Å². The lowest BCUT2D eigenvalue weighted by atomic mass is 10.2. The number of benzene rings is 1. The van der Waals surface area contributed by atoms with Gasteiger partial charge in [0.1, 0.15) is 0 Å². The monoisotopic (exact) mass is 400 g/mol. The minimum Gasteiger partial charge on any atom is -0.383 e. The standard InChI is InChI=1S/C18H28N2O6S/c1-14(12-24-2)20-27(22,23)17-7-5-15(6-8-17)19-18(21)9-11-25-13-16-4-3-10-26-16/h5-8,14,16,20H,3-4,9-13H2,1-2H3,(H,19,21). The number of hydrogen-bond acceptors (Lipinski definition) is 6. The third-order valence-electron chi connectivity index (χ3n) is 4.02. The summed E-state index contributed by atoms with van der Waals surface area (Å²) in [6, 6.07) is 5.67. The van der Waals surface area contributed by atoms with E-state index in [0.717, 1.165) is 19.4 Å². The van der Waals surface area contributed by atoms with Crippen LogP contribution in [0.3, 0.4) is 0 Å². The molecule has 27 heavy (non-hydrogen) atoms. The van der Waals surface area contributed by atoms with Crippen molar-refractivity contribution in [3.8, 4) is 0 Å². The van der Waals surface area contributed by atoms with Gasteiger partial charge in [0.2, 0.25) is 15.9 Å². The number of hydrogen-bond donors (Lipinski definition) is 2. The highest BCUT2D eigenvalue weighted by Gasteiger charge is 2.18. The molecule has 1 saturated heterocycles. The Kier molecular flexibility index (Phi) is 8.65. The fourth-order valence-corrected chi connectivity index (χ4v) is 3.94. The summed E-state index contributed by atoms with van der Waals surface area (Å²) >= 11 is 0. The van der Waals surface area contributed by atoms with Gasteiger partial charge in [-0.2, -0.15) is 0 Å². The lowest BCUT2D eigenvalue weighted by Crippen LogP contribution is -2.35. The molecule has 2 atom stereocenters. The Balaban J connectivity index is 1.76. The molecule has 1 amide bonds. The first kappa shape index (κ1) is 21.8. The molecule has 0 bridgehead atoms. The van der Waals surface area contributed by atoms with Gasteiger partial charge in [0, 0.05) is 25.4 Å². The van der Waals surface area contributed by atoms with E-state index in [4.69, 9.17) is 14.2 Å². The van der Waals surface area contributed by atoms with Crippen molar-refractivity contribution in [3.63, 3.8) is 0 Å². The molecule has 0 radical (unpaired) electrons. The Morgan fingerprint density at radius 2 is 2.07 bits per heavy atom. The van der Waals surface area contributed by atoms with Gasteiger partial charge in [-0.25, -0.2) is 13.1 Å². The van der Waals surface area contributed by atoms with Gasteiger partial charge < -0.3 is 19.5 Å². The zero-order valence-electron chi connectivity index (χ0n) is 15.8. The van der Waals surface area contributed by atoms with Crippen LogP contribution in [0.25, 0.3) is 0 Å². The van der Waals surface area contributed by atoms with Gasteiger partial charge >= 0.3 is 0 Å². The number of amides is 1. The van der Waals surface area contributed by atoms with Crippen LogP contribution in [-0.4, -0.2) is 60.0 Å². The highest BCUT2D eigenvalue weighted by atomic mass is 32.2. The largest absolute Gasteiger partial charge is 0.383 e. The average Bonchev–Trinajstić information content (AvgIpc) is 3.12. The van der Waals surface area contributed by atoms with E-state index >= 15 is 0 Å². The zero-order valence-corrected chi connectivity index (χ0v) is 16.6. The van der Waals surface area contributed by atoms with E-state index in [1.165, 1.54) is 19.2 Å². The molecule has 1 aromatic rings. The van der Waals surface area contributed by atoms with Crippen LogP contribution < -0.4 is 10.0 Å². The minimum atomic E-state index is -3.63. The van der Waals surface area contributed by atoms with Crippen molar-refractivity contribution in [2.24, 2.45) is 0 Å². The molecular formula is C18H28N2O6S. The summed E-state index contributed by atoms with van der Waals surface area (Å²) in [5.74, 6) is -0.190. The van der Waals surface area contributed by atoms with E-state index in [1.807, 2.05) is 0 Å². The highest BCUT2D eigenvalue weighted by Crippen LogP contribution is 2.15. The van der Waals surface area contributed by atoms with Crippen LogP contribution in [0.4, 0.5) is 5.69 Å². The van der Waals surface area contributed by atoms with E-state index in [2.05, 4.69) is 10.0 Å². The minimum absolute atomic E-state index is 0.128. The van der Waals surface area contributed by atoms with Gasteiger partial charge in [-0.05, 0) is 44.0 Å². The van der Waals surface area contributed by atoms with Crippen molar-refractivity contribution in [1.82, 2.24) is 4.72 Å². The molecule has 9 heteroatoms. The molecule has 0 aliphatic carbocycles. The molecule has 1 aliphatic heterocycles. The number of carbonyl (C=O) groups is 1. The molecule has 2 rings (SSSR count). The molecule has 1 heterocycles. The molecule has 0 spiro atoms. The Morgan fingerprint density at radius 1 is 1.33 bits per heavy atom. The van der Waals surface area contributed by atoms with E-state index in [9.17, 15) is 13.2 Å². The second kappa shape index (κ2) is 10.7. The lowest BCUT2D eigenvalue weighted by molar-refractivity contribution is -0.117. The van der Waals surface area contributed by atoms with Crippen molar-refractivity contribution in [3.05, 3.63) is 24.3 Å². The molecule has 2 unspecified atom stereocenters. The maximum Gasteiger partial charge on any atom is 0.240 e. The molecule has 0 saturated carbocycles. The summed E-state index contributed by atoms with van der Waals surface area (Å²) in [6.45, 7) is 3.60. The van der Waals surface area contributed by atoms with Crippen LogP contribution in [0.5, 0.6) is 0 Å². The Morgan fingerprint density at radius 3 is 2.70 bits per heavy atom. The fraction of sp³-hybridized carbons (Fsp3) is 0.611. The number of methoxy groups -OCH3 is 1. The van der Waals surface area contributed by atoms with E-state index in [1.54, 1.807) is 19.1 Å². The number of sulfonamides is 1. The Labute approximate surface area is 160 Å². The number of anilines is 1. The predicted octanol–water partition coefficient (Wildman–Crippen LogP) is 1.52. The summed E-state index contributed by atoms with van der Waals surface area (Å²) in [5, 5.41) is 2.72. The van der Waals surface area contributed by atoms with Crippen molar-refractivity contribution in [1.29, 1.82) is 0 Å². The summed E-state index contributed by atoms with van der Waals surface area (Å²) < 4.78 is 42.9. The van der Waals surface area contributed by atoms with Crippen LogP contribution in [0, 0.1) is 0 Å². The van der Waals surface area contributed by atoms with E-state index in [-0.39, 0.29) is 36.0 Å². The van der Waals surface area contributed by atoms with Crippen LogP contribution in [0.2, 0.25) is 0 Å². The van der Waals surface area contributed by atoms with Gasteiger partial charge in [0.15, 0.2) is 0 Å². The van der Waals surface area contributed by atoms with Gasteiger partial charge in [-0.3, -0.25) is 4.79 Å². The lowest BCUT2D eigenvalue weighted by Gasteiger charge is -2.13. The van der Waals surface area contributed by atoms with Crippen LogP contribution >= 0.6 is 0 Å². The highest BCUT2D eigenvalue weighted by molar-refractivity contribution is 7.89. The smallest absolute Gasteiger partial charge is 0.240 e. The number of carbonyl (C=O) groups excluding carboxylic acids is 1. The summed E-state index contributed by atoms with van der Waals surface area (Å²) in [6.07, 6.45) is 2.42. The van der Waals surface area contributed by atoms with Crippen LogP contribution in [0.15, 0.2) is 29.2 Å². The Hall–Kier alpha value is -1.52. The van der Waals surface area contributed by atoms with Crippen molar-refractivity contribution < 1.29 is 27.4 Å². The maximum atomic E-state index is 12.3. The first-order chi connectivity index (χ1) is 12.9. The topological polar surface area (TPSA) is 103 Å². The predicted molar refractivity (Wildman–Crippen MR) is 101 cm³/mol. The molecule has 0 aromatic heterocycles. The summed E-state index contributed by atoms with van der Waals surface area (Å²) in [7, 11) is -2.12. The van der Waals surface area contributed by atoms with Gasteiger partial charge in [-0.15, -0.1) is 0 Å². The molecular weight excluding hydrogens is 372 g/mol. The van der Waals surface area contributed by atoms with Crippen molar-refractivity contribution in [2.75, 3.05) is 38.9 Å². The van der Waals surface area contributed by atoms with Gasteiger partial charge in [0.05, 0.1) is 37.2 Å². The molecule has 1 aliphatic rings. The number of rotatable bonds is 11. The fourth-order valence-electron chi connectivity index (χ4n) is 2.71. The first-order valence-corrected chi connectivity index (χ1v) is 10.5. The molecule has 2 N–H and O–H groups in total. The van der Waals surface area contributed by atoms with Gasteiger partial charge in [0.25, 0.3) is 0 Å². The zero-order chi connectivity index (χ0) is 19.7. The van der Waals surface area contributed by atoms with Crippen molar-refractivity contribution >= 4 is 21.6 Å². The quantitative estimate of drug-likeness (QED) is 0.546. The van der Waals surface area contributed by atoms with Crippen LogP contribution in [0.1, 0.15) is 26.2 Å². The second-order valence-corrected chi connectivity index (χ2v) is 8.22. The van der Waals surface area contributed by atoms with Crippen molar-refractivity contribution in [2.45, 2.75) is 43.2 Å². The second-order valence-electron chi connectivity index (χ2n) is 6.51. The van der Waals surface area contributed by atoms with E-state index in [0.29, 0.717) is 18.9 Å². The number of ether oxygens (including phenoxy) is 3. The first-order valence-electron chi connectivity index (χ1n) is 9.01. The molecule has 1 aromatic carbocycles. The molecule has 1 fully saturated rings. The summed E-state index contributed by atoms with van der Waals surface area (Å²) in [5.41, 5.74) is 0.531. The molecule has 8 nitrogen and oxygen atoms in total. The summed E-state index contributed by atoms with van der Waals surface area (Å²) in [4.78, 5) is 12.1.